The molecule has 0 aliphatic heterocycles. The first-order valence-electron chi connectivity index (χ1n) is 5.46. The van der Waals surface area contributed by atoms with Crippen molar-refractivity contribution in [2.75, 3.05) is 0 Å². The van der Waals surface area contributed by atoms with E-state index < -0.39 is 15.1 Å². The summed E-state index contributed by atoms with van der Waals surface area (Å²) >= 11 is 6.06. The molecule has 2 rings (SSSR count). The van der Waals surface area contributed by atoms with Crippen molar-refractivity contribution < 1.29 is 8.42 Å². The summed E-state index contributed by atoms with van der Waals surface area (Å²) in [5, 5.41) is -0.636. The van der Waals surface area contributed by atoms with Crippen molar-refractivity contribution in [3.05, 3.63) is 29.8 Å². The molecule has 0 spiro atoms. The van der Waals surface area contributed by atoms with Crippen LogP contribution in [0.25, 0.3) is 0 Å². The average Bonchev–Trinajstić information content (AvgIpc) is 2.66. The molecule has 1 saturated carbocycles. The predicted octanol–water partition coefficient (Wildman–Crippen LogP) is 2.93. The van der Waals surface area contributed by atoms with E-state index in [-0.39, 0.29) is 5.38 Å². The third kappa shape index (κ3) is 2.11. The van der Waals surface area contributed by atoms with Gasteiger partial charge in [0.1, 0.15) is 0 Å². The van der Waals surface area contributed by atoms with Crippen molar-refractivity contribution in [2.24, 2.45) is 0 Å². The molecular formula is C12H15ClO2S. The highest BCUT2D eigenvalue weighted by molar-refractivity contribution is 7.92. The normalized spacial score (nSPS) is 25.9. The minimum absolute atomic E-state index is 0.230. The number of hydrogen-bond donors (Lipinski definition) is 0. The molecule has 16 heavy (non-hydrogen) atoms. The number of alkyl halides is 1. The first-order valence-corrected chi connectivity index (χ1v) is 7.45. The van der Waals surface area contributed by atoms with E-state index in [1.807, 2.05) is 19.1 Å². The van der Waals surface area contributed by atoms with E-state index in [2.05, 4.69) is 0 Å². The van der Waals surface area contributed by atoms with Crippen LogP contribution in [0, 0.1) is 6.92 Å². The van der Waals surface area contributed by atoms with E-state index in [0.29, 0.717) is 11.3 Å². The topological polar surface area (TPSA) is 34.1 Å². The number of rotatable bonds is 2. The first kappa shape index (κ1) is 11.9. The van der Waals surface area contributed by atoms with Crippen molar-refractivity contribution in [3.63, 3.8) is 0 Å². The number of hydrogen-bond acceptors (Lipinski definition) is 2. The Morgan fingerprint density at radius 2 is 1.81 bits per heavy atom. The Bertz CT molecular complexity index is 464. The summed E-state index contributed by atoms with van der Waals surface area (Å²) in [7, 11) is -3.24. The Morgan fingerprint density at radius 3 is 2.31 bits per heavy atom. The van der Waals surface area contributed by atoms with Crippen molar-refractivity contribution >= 4 is 21.4 Å². The zero-order valence-electron chi connectivity index (χ0n) is 9.19. The number of benzene rings is 1. The van der Waals surface area contributed by atoms with Gasteiger partial charge in [-0.25, -0.2) is 8.42 Å². The van der Waals surface area contributed by atoms with Gasteiger partial charge in [0.2, 0.25) is 0 Å². The second-order valence-electron chi connectivity index (χ2n) is 4.34. The molecule has 0 aromatic heterocycles. The summed E-state index contributed by atoms with van der Waals surface area (Å²) in [5.41, 5.74) is 1.06. The molecule has 4 heteroatoms. The summed E-state index contributed by atoms with van der Waals surface area (Å²) in [6.45, 7) is 1.94. The third-order valence-corrected chi connectivity index (χ3v) is 6.08. The maximum absolute atomic E-state index is 12.3. The minimum atomic E-state index is -3.24. The van der Waals surface area contributed by atoms with Crippen LogP contribution in [0.2, 0.25) is 0 Å². The van der Waals surface area contributed by atoms with Crippen LogP contribution in [-0.4, -0.2) is 19.0 Å². The SMILES string of the molecule is Cc1ccc(S(=O)(=O)[C@@H]2CCC[C@H]2Cl)cc1. The second kappa shape index (κ2) is 4.38. The maximum Gasteiger partial charge on any atom is 0.182 e. The molecule has 1 aromatic carbocycles. The molecule has 1 aromatic rings. The molecule has 1 aliphatic rings. The van der Waals surface area contributed by atoms with E-state index >= 15 is 0 Å². The van der Waals surface area contributed by atoms with Gasteiger partial charge in [-0.1, -0.05) is 24.1 Å². The molecule has 1 fully saturated rings. The smallest absolute Gasteiger partial charge is 0.182 e. The van der Waals surface area contributed by atoms with Crippen LogP contribution in [0.1, 0.15) is 24.8 Å². The lowest BCUT2D eigenvalue weighted by Gasteiger charge is -2.14. The molecule has 88 valence electrons. The quantitative estimate of drug-likeness (QED) is 0.765. The summed E-state index contributed by atoms with van der Waals surface area (Å²) in [6.07, 6.45) is 2.39. The fourth-order valence-electron chi connectivity index (χ4n) is 2.13. The van der Waals surface area contributed by atoms with Crippen LogP contribution in [0.3, 0.4) is 0 Å². The van der Waals surface area contributed by atoms with E-state index in [1.54, 1.807) is 12.1 Å². The van der Waals surface area contributed by atoms with Crippen molar-refractivity contribution in [2.45, 2.75) is 41.7 Å². The number of aryl methyl sites for hydroxylation is 1. The molecule has 2 nitrogen and oxygen atoms in total. The van der Waals surface area contributed by atoms with Crippen LogP contribution < -0.4 is 0 Å². The van der Waals surface area contributed by atoms with Gasteiger partial charge < -0.3 is 0 Å². The van der Waals surface area contributed by atoms with Gasteiger partial charge in [0.25, 0.3) is 0 Å². The molecule has 0 radical (unpaired) electrons. The Balaban J connectivity index is 2.35. The highest BCUT2D eigenvalue weighted by Gasteiger charge is 2.37. The van der Waals surface area contributed by atoms with Crippen LogP contribution in [0.15, 0.2) is 29.2 Å². The van der Waals surface area contributed by atoms with Gasteiger partial charge in [0.15, 0.2) is 9.84 Å². The highest BCUT2D eigenvalue weighted by atomic mass is 35.5. The van der Waals surface area contributed by atoms with Crippen LogP contribution in [-0.2, 0) is 9.84 Å². The number of sulfone groups is 1. The van der Waals surface area contributed by atoms with E-state index in [4.69, 9.17) is 11.6 Å². The van der Waals surface area contributed by atoms with Gasteiger partial charge in [-0.2, -0.15) is 0 Å². The summed E-state index contributed by atoms with van der Waals surface area (Å²) in [6, 6.07) is 7.00. The molecule has 2 atom stereocenters. The molecule has 0 saturated heterocycles. The van der Waals surface area contributed by atoms with E-state index in [9.17, 15) is 8.42 Å². The van der Waals surface area contributed by atoms with Crippen molar-refractivity contribution in [1.82, 2.24) is 0 Å². The monoisotopic (exact) mass is 258 g/mol. The van der Waals surface area contributed by atoms with Crippen molar-refractivity contribution in [3.8, 4) is 0 Å². The molecule has 0 bridgehead atoms. The Labute approximate surface area is 102 Å². The van der Waals surface area contributed by atoms with Crippen LogP contribution >= 0.6 is 11.6 Å². The fraction of sp³-hybridized carbons (Fsp3) is 0.500. The van der Waals surface area contributed by atoms with Gasteiger partial charge in [0, 0.05) is 0 Å². The van der Waals surface area contributed by atoms with Gasteiger partial charge in [-0.15, -0.1) is 11.6 Å². The number of halogens is 1. The molecule has 0 N–H and O–H groups in total. The van der Waals surface area contributed by atoms with Crippen molar-refractivity contribution in [1.29, 1.82) is 0 Å². The standard InChI is InChI=1S/C12H15ClO2S/c1-9-5-7-10(8-6-9)16(14,15)12-4-2-3-11(12)13/h5-8,11-12H,2-4H2,1H3/t11-,12-/m1/s1. The Kier molecular flexibility index (Phi) is 3.27. The van der Waals surface area contributed by atoms with E-state index in [0.717, 1.165) is 18.4 Å². The summed E-state index contributed by atoms with van der Waals surface area (Å²) in [5.74, 6) is 0. The van der Waals surface area contributed by atoms with Gasteiger partial charge in [-0.3, -0.25) is 0 Å². The third-order valence-electron chi connectivity index (χ3n) is 3.12. The zero-order valence-corrected chi connectivity index (χ0v) is 10.8. The molecule has 0 heterocycles. The summed E-state index contributed by atoms with van der Waals surface area (Å²) < 4.78 is 24.5. The molecule has 0 unspecified atom stereocenters. The first-order chi connectivity index (χ1) is 7.51. The lowest BCUT2D eigenvalue weighted by atomic mass is 10.2. The molecule has 0 amide bonds. The van der Waals surface area contributed by atoms with Gasteiger partial charge >= 0.3 is 0 Å². The maximum atomic E-state index is 12.3. The van der Waals surface area contributed by atoms with Gasteiger partial charge in [0.05, 0.1) is 15.5 Å². The Morgan fingerprint density at radius 1 is 1.19 bits per heavy atom. The average molecular weight is 259 g/mol. The Hall–Kier alpha value is -0.540. The largest absolute Gasteiger partial charge is 0.223 e. The molecular weight excluding hydrogens is 244 g/mol. The highest BCUT2D eigenvalue weighted by Crippen LogP contribution is 2.33. The predicted molar refractivity (Wildman–Crippen MR) is 65.6 cm³/mol. The lowest BCUT2D eigenvalue weighted by molar-refractivity contribution is 0.580. The lowest BCUT2D eigenvalue weighted by Crippen LogP contribution is -2.25. The fourth-order valence-corrected chi connectivity index (χ4v) is 4.69. The summed E-state index contributed by atoms with van der Waals surface area (Å²) in [4.78, 5) is 0.399. The zero-order chi connectivity index (χ0) is 11.8. The van der Waals surface area contributed by atoms with Crippen LogP contribution in [0.4, 0.5) is 0 Å². The second-order valence-corrected chi connectivity index (χ2v) is 7.07. The van der Waals surface area contributed by atoms with E-state index in [1.165, 1.54) is 0 Å². The molecule has 1 aliphatic carbocycles. The minimum Gasteiger partial charge on any atom is -0.223 e. The van der Waals surface area contributed by atoms with Gasteiger partial charge in [-0.05, 0) is 31.9 Å². The van der Waals surface area contributed by atoms with Crippen LogP contribution in [0.5, 0.6) is 0 Å².